The number of para-hydroxylation sites is 1. The predicted molar refractivity (Wildman–Crippen MR) is 86.8 cm³/mol. The number of nitro benzene ring substituents is 1. The minimum Gasteiger partial charge on any atom is -0.379 e. The average molecular weight is 346 g/mol. The maximum absolute atomic E-state index is 11.0. The van der Waals surface area contributed by atoms with E-state index < -0.39 is 4.92 Å². The second kappa shape index (κ2) is 6.98. The van der Waals surface area contributed by atoms with Crippen molar-refractivity contribution in [2.75, 3.05) is 11.9 Å². The monoisotopic (exact) mass is 344 g/mol. The van der Waals surface area contributed by atoms with Crippen LogP contribution in [0, 0.1) is 10.1 Å². The van der Waals surface area contributed by atoms with Gasteiger partial charge in [0.2, 0.25) is 0 Å². The zero-order chi connectivity index (χ0) is 15.4. The van der Waals surface area contributed by atoms with Crippen LogP contribution in [0.15, 0.2) is 36.4 Å². The summed E-state index contributed by atoms with van der Waals surface area (Å²) in [5, 5.41) is 15.3. The van der Waals surface area contributed by atoms with Gasteiger partial charge in [0.15, 0.2) is 0 Å². The molecule has 0 atom stereocenters. The lowest BCUT2D eigenvalue weighted by Gasteiger charge is -2.09. The number of nitro groups is 1. The molecule has 0 heterocycles. The summed E-state index contributed by atoms with van der Waals surface area (Å²) < 4.78 is 0. The molecule has 0 unspecified atom stereocenters. The second-order valence-corrected chi connectivity index (χ2v) is 5.56. The summed E-state index contributed by atoms with van der Waals surface area (Å²) in [6.07, 6.45) is 0.611. The highest BCUT2D eigenvalue weighted by atomic mass is 35.5. The van der Waals surface area contributed by atoms with Crippen molar-refractivity contribution in [3.8, 4) is 0 Å². The van der Waals surface area contributed by atoms with Gasteiger partial charge in [0.25, 0.3) is 0 Å². The van der Waals surface area contributed by atoms with E-state index in [2.05, 4.69) is 5.32 Å². The molecular formula is C14H11Cl3N2O2. The number of halogens is 3. The maximum atomic E-state index is 11.0. The molecule has 1 N–H and O–H groups in total. The molecule has 2 rings (SSSR count). The molecule has 110 valence electrons. The van der Waals surface area contributed by atoms with Gasteiger partial charge in [-0.25, -0.2) is 0 Å². The summed E-state index contributed by atoms with van der Waals surface area (Å²) in [5.74, 6) is 0. The predicted octanol–water partition coefficient (Wildman–Crippen LogP) is 5.21. The fourth-order valence-corrected chi connectivity index (χ4v) is 2.65. The SMILES string of the molecule is O=[N+]([O-])c1c(Cl)cccc1NCCc1ccc(Cl)cc1Cl. The molecule has 0 aromatic heterocycles. The molecule has 2 aromatic carbocycles. The molecule has 7 heteroatoms. The van der Waals surface area contributed by atoms with Crippen LogP contribution in [0.4, 0.5) is 11.4 Å². The van der Waals surface area contributed by atoms with Gasteiger partial charge in [-0.05, 0) is 36.2 Å². The van der Waals surface area contributed by atoms with E-state index in [0.29, 0.717) is 28.7 Å². The van der Waals surface area contributed by atoms with Gasteiger partial charge in [0.05, 0.1) is 4.92 Å². The summed E-state index contributed by atoms with van der Waals surface area (Å²) in [5.41, 5.74) is 1.18. The Labute approximate surface area is 136 Å². The highest BCUT2D eigenvalue weighted by Gasteiger charge is 2.17. The van der Waals surface area contributed by atoms with Crippen LogP contribution in [0.1, 0.15) is 5.56 Å². The number of anilines is 1. The molecule has 0 radical (unpaired) electrons. The van der Waals surface area contributed by atoms with Crippen molar-refractivity contribution in [1.29, 1.82) is 0 Å². The van der Waals surface area contributed by atoms with E-state index in [1.807, 2.05) is 6.07 Å². The molecule has 21 heavy (non-hydrogen) atoms. The first-order valence-electron chi connectivity index (χ1n) is 6.09. The van der Waals surface area contributed by atoms with Crippen molar-refractivity contribution < 1.29 is 4.92 Å². The Morgan fingerprint density at radius 2 is 1.86 bits per heavy atom. The third-order valence-electron chi connectivity index (χ3n) is 2.89. The number of nitrogens with zero attached hydrogens (tertiary/aromatic N) is 1. The second-order valence-electron chi connectivity index (χ2n) is 4.31. The Kier molecular flexibility index (Phi) is 5.28. The summed E-state index contributed by atoms with van der Waals surface area (Å²) in [6, 6.07) is 10.0. The first kappa shape index (κ1) is 15.9. The molecule has 4 nitrogen and oxygen atoms in total. The molecule has 0 saturated heterocycles. The molecule has 0 aliphatic carbocycles. The molecule has 0 spiro atoms. The summed E-state index contributed by atoms with van der Waals surface area (Å²) in [7, 11) is 0. The number of hydrogen-bond acceptors (Lipinski definition) is 3. The van der Waals surface area contributed by atoms with Gasteiger partial charge in [0.1, 0.15) is 10.7 Å². The lowest BCUT2D eigenvalue weighted by Crippen LogP contribution is -2.07. The van der Waals surface area contributed by atoms with Gasteiger partial charge in [-0.15, -0.1) is 0 Å². The van der Waals surface area contributed by atoms with Crippen molar-refractivity contribution in [2.24, 2.45) is 0 Å². The van der Waals surface area contributed by atoms with Crippen molar-refractivity contribution >= 4 is 46.2 Å². The highest BCUT2D eigenvalue weighted by molar-refractivity contribution is 6.35. The van der Waals surface area contributed by atoms with Crippen molar-refractivity contribution in [3.63, 3.8) is 0 Å². The fourth-order valence-electron chi connectivity index (χ4n) is 1.90. The third kappa shape index (κ3) is 4.00. The zero-order valence-corrected chi connectivity index (χ0v) is 13.0. The lowest BCUT2D eigenvalue weighted by molar-refractivity contribution is -0.383. The summed E-state index contributed by atoms with van der Waals surface area (Å²) in [6.45, 7) is 0.489. The minimum atomic E-state index is -0.500. The van der Waals surface area contributed by atoms with Crippen LogP contribution >= 0.6 is 34.8 Å². The van der Waals surface area contributed by atoms with E-state index in [9.17, 15) is 10.1 Å². The van der Waals surface area contributed by atoms with Crippen molar-refractivity contribution in [1.82, 2.24) is 0 Å². The van der Waals surface area contributed by atoms with Crippen LogP contribution in [0.25, 0.3) is 0 Å². The van der Waals surface area contributed by atoms with E-state index in [1.54, 1.807) is 24.3 Å². The Morgan fingerprint density at radius 1 is 1.10 bits per heavy atom. The van der Waals surface area contributed by atoms with E-state index in [4.69, 9.17) is 34.8 Å². The van der Waals surface area contributed by atoms with Gasteiger partial charge in [-0.1, -0.05) is 46.9 Å². The van der Waals surface area contributed by atoms with Gasteiger partial charge in [-0.2, -0.15) is 0 Å². The van der Waals surface area contributed by atoms with E-state index in [-0.39, 0.29) is 10.7 Å². The third-order valence-corrected chi connectivity index (χ3v) is 3.79. The Hall–Kier alpha value is -1.49. The molecule has 2 aromatic rings. The maximum Gasteiger partial charge on any atom is 0.310 e. The smallest absolute Gasteiger partial charge is 0.310 e. The quantitative estimate of drug-likeness (QED) is 0.598. The fraction of sp³-hybridized carbons (Fsp3) is 0.143. The number of hydrogen-bond donors (Lipinski definition) is 1. The topological polar surface area (TPSA) is 55.2 Å². The average Bonchev–Trinajstić information content (AvgIpc) is 2.41. The molecule has 0 saturated carbocycles. The Morgan fingerprint density at radius 3 is 2.52 bits per heavy atom. The first-order chi connectivity index (χ1) is 9.99. The number of nitrogens with one attached hydrogen (secondary N) is 1. The van der Waals surface area contributed by atoms with Crippen LogP contribution in [0.5, 0.6) is 0 Å². The lowest BCUT2D eigenvalue weighted by atomic mass is 10.1. The minimum absolute atomic E-state index is 0.106. The molecular weight excluding hydrogens is 335 g/mol. The molecule has 0 aliphatic rings. The largest absolute Gasteiger partial charge is 0.379 e. The van der Waals surface area contributed by atoms with Gasteiger partial charge >= 0.3 is 5.69 Å². The van der Waals surface area contributed by atoms with Crippen molar-refractivity contribution in [2.45, 2.75) is 6.42 Å². The normalized spacial score (nSPS) is 10.4. The standard InChI is InChI=1S/C14H11Cl3N2O2/c15-10-5-4-9(12(17)8-10)6-7-18-13-3-1-2-11(16)14(13)19(20)21/h1-5,8,18H,6-7H2. The van der Waals surface area contributed by atoms with Crippen LogP contribution in [-0.4, -0.2) is 11.5 Å². The first-order valence-corrected chi connectivity index (χ1v) is 7.23. The van der Waals surface area contributed by atoms with E-state index in [0.717, 1.165) is 5.56 Å². The number of benzene rings is 2. The summed E-state index contributed by atoms with van der Waals surface area (Å²) >= 11 is 17.8. The molecule has 0 fully saturated rings. The highest BCUT2D eigenvalue weighted by Crippen LogP contribution is 2.32. The zero-order valence-electron chi connectivity index (χ0n) is 10.8. The van der Waals surface area contributed by atoms with E-state index in [1.165, 1.54) is 6.07 Å². The van der Waals surface area contributed by atoms with Gasteiger partial charge in [-0.3, -0.25) is 10.1 Å². The Balaban J connectivity index is 2.07. The molecule has 0 aliphatic heterocycles. The molecule has 0 bridgehead atoms. The van der Waals surface area contributed by atoms with Crippen LogP contribution < -0.4 is 5.32 Å². The van der Waals surface area contributed by atoms with Crippen LogP contribution in [0.3, 0.4) is 0 Å². The van der Waals surface area contributed by atoms with Crippen LogP contribution in [-0.2, 0) is 6.42 Å². The van der Waals surface area contributed by atoms with Crippen LogP contribution in [0.2, 0.25) is 15.1 Å². The summed E-state index contributed by atoms with van der Waals surface area (Å²) in [4.78, 5) is 10.5. The van der Waals surface area contributed by atoms with Crippen molar-refractivity contribution in [3.05, 3.63) is 67.1 Å². The number of rotatable bonds is 5. The van der Waals surface area contributed by atoms with E-state index >= 15 is 0 Å². The van der Waals surface area contributed by atoms with Gasteiger partial charge < -0.3 is 5.32 Å². The Bertz CT molecular complexity index is 677. The molecule has 0 amide bonds. The van der Waals surface area contributed by atoms with Gasteiger partial charge in [0, 0.05) is 16.6 Å².